The molecular weight excluding hydrogens is 252 g/mol. The van der Waals surface area contributed by atoms with Gasteiger partial charge < -0.3 is 9.47 Å². The van der Waals surface area contributed by atoms with Gasteiger partial charge in [-0.1, -0.05) is 0 Å². The molecule has 1 atom stereocenters. The van der Waals surface area contributed by atoms with Crippen LogP contribution in [0.2, 0.25) is 0 Å². The zero-order valence-electron chi connectivity index (χ0n) is 11.6. The van der Waals surface area contributed by atoms with Crippen molar-refractivity contribution in [1.82, 2.24) is 0 Å². The molecule has 2 aromatic rings. The minimum absolute atomic E-state index is 0.0232. The highest BCUT2D eigenvalue weighted by molar-refractivity contribution is 6.09. The predicted molar refractivity (Wildman–Crippen MR) is 76.7 cm³/mol. The molecule has 1 heterocycles. The number of carbonyl (C=O) groups excluding carboxylic acids is 1. The Morgan fingerprint density at radius 2 is 1.85 bits per heavy atom. The van der Waals surface area contributed by atoms with E-state index in [2.05, 4.69) is 0 Å². The molecule has 3 heteroatoms. The maximum Gasteiger partial charge on any atom is 0.193 e. The van der Waals surface area contributed by atoms with Crippen LogP contribution < -0.4 is 9.47 Å². The van der Waals surface area contributed by atoms with Crippen LogP contribution in [0.5, 0.6) is 11.5 Å². The van der Waals surface area contributed by atoms with Crippen LogP contribution in [-0.4, -0.2) is 19.0 Å². The van der Waals surface area contributed by atoms with Crippen LogP contribution in [0.25, 0.3) is 0 Å². The number of ketones is 1. The van der Waals surface area contributed by atoms with Crippen LogP contribution in [0, 0.1) is 0 Å². The Bertz CT molecular complexity index is 644. The van der Waals surface area contributed by atoms with Gasteiger partial charge in [0, 0.05) is 17.5 Å². The fraction of sp³-hybridized carbons (Fsp3) is 0.235. The zero-order chi connectivity index (χ0) is 14.1. The number of hydrogen-bond donors (Lipinski definition) is 0. The molecule has 0 radical (unpaired) electrons. The van der Waals surface area contributed by atoms with E-state index in [1.165, 1.54) is 0 Å². The Kier molecular flexibility index (Phi) is 3.18. The van der Waals surface area contributed by atoms with Gasteiger partial charge in [0.05, 0.1) is 7.11 Å². The van der Waals surface area contributed by atoms with Crippen molar-refractivity contribution >= 4 is 5.78 Å². The average molecular weight is 268 g/mol. The first-order valence-corrected chi connectivity index (χ1v) is 6.65. The van der Waals surface area contributed by atoms with Gasteiger partial charge in [-0.15, -0.1) is 0 Å². The molecule has 2 aromatic carbocycles. The molecule has 3 nitrogen and oxygen atoms in total. The van der Waals surface area contributed by atoms with E-state index < -0.39 is 0 Å². The Labute approximate surface area is 118 Å². The predicted octanol–water partition coefficient (Wildman–Crippen LogP) is 3.25. The third-order valence-corrected chi connectivity index (χ3v) is 3.51. The molecule has 1 aliphatic rings. The van der Waals surface area contributed by atoms with E-state index in [0.717, 1.165) is 23.5 Å². The van der Waals surface area contributed by atoms with Crippen molar-refractivity contribution in [1.29, 1.82) is 0 Å². The number of rotatable bonds is 3. The molecule has 1 aliphatic heterocycles. The van der Waals surface area contributed by atoms with Gasteiger partial charge in [0.15, 0.2) is 5.78 Å². The largest absolute Gasteiger partial charge is 0.497 e. The van der Waals surface area contributed by atoms with Gasteiger partial charge in [0.25, 0.3) is 0 Å². The molecule has 0 N–H and O–H groups in total. The second-order valence-electron chi connectivity index (χ2n) is 5.01. The summed E-state index contributed by atoms with van der Waals surface area (Å²) in [6, 6.07) is 12.8. The van der Waals surface area contributed by atoms with Gasteiger partial charge in [-0.3, -0.25) is 4.79 Å². The van der Waals surface area contributed by atoms with Crippen molar-refractivity contribution in [3.8, 4) is 11.5 Å². The van der Waals surface area contributed by atoms with E-state index in [4.69, 9.17) is 9.47 Å². The van der Waals surface area contributed by atoms with Crippen molar-refractivity contribution in [2.45, 2.75) is 19.4 Å². The topological polar surface area (TPSA) is 35.5 Å². The van der Waals surface area contributed by atoms with Gasteiger partial charge in [-0.05, 0) is 55.0 Å². The average Bonchev–Trinajstić information content (AvgIpc) is 2.85. The molecule has 1 unspecified atom stereocenters. The Morgan fingerprint density at radius 3 is 2.55 bits per heavy atom. The van der Waals surface area contributed by atoms with E-state index in [1.54, 1.807) is 31.4 Å². The number of hydrogen-bond acceptors (Lipinski definition) is 3. The lowest BCUT2D eigenvalue weighted by atomic mass is 10.00. The van der Waals surface area contributed by atoms with Crippen LogP contribution >= 0.6 is 0 Å². The smallest absolute Gasteiger partial charge is 0.193 e. The number of methoxy groups -OCH3 is 1. The maximum atomic E-state index is 12.4. The molecule has 0 fully saturated rings. The summed E-state index contributed by atoms with van der Waals surface area (Å²) in [5, 5.41) is 0. The molecule has 0 amide bonds. The van der Waals surface area contributed by atoms with Crippen LogP contribution in [0.15, 0.2) is 42.5 Å². The summed E-state index contributed by atoms with van der Waals surface area (Å²) in [6.07, 6.45) is 1.05. The molecule has 0 aromatic heterocycles. The Balaban J connectivity index is 1.89. The molecule has 0 aliphatic carbocycles. The van der Waals surface area contributed by atoms with Gasteiger partial charge in [0.1, 0.15) is 17.6 Å². The lowest BCUT2D eigenvalue weighted by Crippen LogP contribution is -2.05. The summed E-state index contributed by atoms with van der Waals surface area (Å²) in [5.41, 5.74) is 2.47. The third kappa shape index (κ3) is 2.27. The molecule has 0 spiro atoms. The first-order chi connectivity index (χ1) is 9.67. The summed E-state index contributed by atoms with van der Waals surface area (Å²) in [4.78, 5) is 12.4. The van der Waals surface area contributed by atoms with Crippen molar-refractivity contribution in [3.05, 3.63) is 59.2 Å². The Morgan fingerprint density at radius 1 is 1.15 bits per heavy atom. The normalized spacial score (nSPS) is 16.4. The Hall–Kier alpha value is -2.29. The molecule has 0 saturated heterocycles. The van der Waals surface area contributed by atoms with Crippen molar-refractivity contribution < 1.29 is 14.3 Å². The number of ether oxygens (including phenoxy) is 2. The highest BCUT2D eigenvalue weighted by atomic mass is 16.5. The zero-order valence-corrected chi connectivity index (χ0v) is 11.6. The highest BCUT2D eigenvalue weighted by Gasteiger charge is 2.20. The van der Waals surface area contributed by atoms with Crippen molar-refractivity contribution in [3.63, 3.8) is 0 Å². The van der Waals surface area contributed by atoms with E-state index >= 15 is 0 Å². The van der Waals surface area contributed by atoms with Crippen LogP contribution in [0.4, 0.5) is 0 Å². The molecule has 0 saturated carbocycles. The minimum Gasteiger partial charge on any atom is -0.497 e. The van der Waals surface area contributed by atoms with E-state index in [0.29, 0.717) is 11.1 Å². The first-order valence-electron chi connectivity index (χ1n) is 6.65. The summed E-state index contributed by atoms with van der Waals surface area (Å²) < 4.78 is 10.7. The second kappa shape index (κ2) is 5.00. The molecule has 102 valence electrons. The molecule has 3 rings (SSSR count). The maximum absolute atomic E-state index is 12.4. The third-order valence-electron chi connectivity index (χ3n) is 3.51. The van der Waals surface area contributed by atoms with Crippen molar-refractivity contribution in [2.24, 2.45) is 0 Å². The molecule has 0 bridgehead atoms. The van der Waals surface area contributed by atoms with Crippen LogP contribution in [0.1, 0.15) is 28.4 Å². The summed E-state index contributed by atoms with van der Waals surface area (Å²) in [7, 11) is 1.61. The standard InChI is InChI=1S/C17H16O3/c1-11-9-14-10-13(5-8-16(14)20-11)17(18)12-3-6-15(19-2)7-4-12/h3-8,10-11H,9H2,1-2H3. The lowest BCUT2D eigenvalue weighted by Gasteiger charge is -2.05. The SMILES string of the molecule is COc1ccc(C(=O)c2ccc3c(c2)CC(C)O3)cc1. The fourth-order valence-corrected chi connectivity index (χ4v) is 2.47. The summed E-state index contributed by atoms with van der Waals surface area (Å²) >= 11 is 0. The van der Waals surface area contributed by atoms with E-state index in [-0.39, 0.29) is 11.9 Å². The highest BCUT2D eigenvalue weighted by Crippen LogP contribution is 2.30. The number of carbonyl (C=O) groups is 1. The first kappa shape index (κ1) is 12.7. The minimum atomic E-state index is 0.0232. The van der Waals surface area contributed by atoms with Gasteiger partial charge in [-0.2, -0.15) is 0 Å². The lowest BCUT2D eigenvalue weighted by molar-refractivity contribution is 0.103. The molecular formula is C17H16O3. The summed E-state index contributed by atoms with van der Waals surface area (Å²) in [5.74, 6) is 1.66. The monoisotopic (exact) mass is 268 g/mol. The second-order valence-corrected chi connectivity index (χ2v) is 5.01. The number of benzene rings is 2. The molecule has 20 heavy (non-hydrogen) atoms. The van der Waals surface area contributed by atoms with Gasteiger partial charge in [-0.25, -0.2) is 0 Å². The fourth-order valence-electron chi connectivity index (χ4n) is 2.47. The van der Waals surface area contributed by atoms with E-state index in [1.807, 2.05) is 25.1 Å². The van der Waals surface area contributed by atoms with Gasteiger partial charge >= 0.3 is 0 Å². The van der Waals surface area contributed by atoms with Gasteiger partial charge in [0.2, 0.25) is 0 Å². The van der Waals surface area contributed by atoms with Crippen molar-refractivity contribution in [2.75, 3.05) is 7.11 Å². The van der Waals surface area contributed by atoms with Crippen LogP contribution in [-0.2, 0) is 6.42 Å². The van der Waals surface area contributed by atoms with E-state index in [9.17, 15) is 4.79 Å². The summed E-state index contributed by atoms with van der Waals surface area (Å²) in [6.45, 7) is 2.03. The van der Waals surface area contributed by atoms with Crippen LogP contribution in [0.3, 0.4) is 0 Å². The number of fused-ring (bicyclic) bond motifs is 1. The quantitative estimate of drug-likeness (QED) is 0.802.